The first-order chi connectivity index (χ1) is 17.2. The number of rotatable bonds is 11. The van der Waals surface area contributed by atoms with Crippen LogP contribution in [0.5, 0.6) is 0 Å². The summed E-state index contributed by atoms with van der Waals surface area (Å²) in [5, 5.41) is 2.98. The Balaban J connectivity index is 2.44. The molecule has 8 heteroatoms. The molecular formula is C29H43N3O4S. The normalized spacial score (nSPS) is 13.5. The number of amides is 2. The maximum Gasteiger partial charge on any atom is 0.244 e. The van der Waals surface area contributed by atoms with Gasteiger partial charge in [0.25, 0.3) is 0 Å². The zero-order valence-electron chi connectivity index (χ0n) is 23.5. The van der Waals surface area contributed by atoms with Crippen LogP contribution in [0.15, 0.2) is 48.5 Å². The lowest BCUT2D eigenvalue weighted by molar-refractivity contribution is -0.140. The number of aryl methyl sites for hydroxylation is 1. The first kappa shape index (κ1) is 30.4. The Morgan fingerprint density at radius 2 is 1.51 bits per heavy atom. The van der Waals surface area contributed by atoms with Gasteiger partial charge < -0.3 is 10.2 Å². The van der Waals surface area contributed by atoms with E-state index in [1.807, 2.05) is 64.1 Å². The summed E-state index contributed by atoms with van der Waals surface area (Å²) in [4.78, 5) is 28.5. The lowest BCUT2D eigenvalue weighted by atomic mass is 9.87. The van der Waals surface area contributed by atoms with Crippen molar-refractivity contribution in [1.82, 2.24) is 10.2 Å². The number of hydrogen-bond acceptors (Lipinski definition) is 4. The summed E-state index contributed by atoms with van der Waals surface area (Å²) >= 11 is 0. The van der Waals surface area contributed by atoms with Gasteiger partial charge >= 0.3 is 0 Å². The Morgan fingerprint density at radius 3 is 1.97 bits per heavy atom. The van der Waals surface area contributed by atoms with Crippen molar-refractivity contribution in [2.75, 3.05) is 17.1 Å². The minimum Gasteiger partial charge on any atom is -0.352 e. The van der Waals surface area contributed by atoms with Crippen molar-refractivity contribution >= 4 is 27.5 Å². The highest BCUT2D eigenvalue weighted by atomic mass is 32.2. The third kappa shape index (κ3) is 8.59. The van der Waals surface area contributed by atoms with E-state index in [1.165, 1.54) is 4.90 Å². The minimum atomic E-state index is -3.76. The van der Waals surface area contributed by atoms with Crippen LogP contribution in [0.1, 0.15) is 71.1 Å². The zero-order chi connectivity index (χ0) is 28.0. The highest BCUT2D eigenvalue weighted by molar-refractivity contribution is 7.92. The summed E-state index contributed by atoms with van der Waals surface area (Å²) in [6.07, 6.45) is 2.26. The molecule has 2 atom stereocenters. The van der Waals surface area contributed by atoms with E-state index in [2.05, 4.69) is 26.1 Å². The molecule has 204 valence electrons. The Labute approximate surface area is 223 Å². The van der Waals surface area contributed by atoms with Crippen LogP contribution in [0.25, 0.3) is 0 Å². The van der Waals surface area contributed by atoms with Gasteiger partial charge in [-0.25, -0.2) is 8.42 Å². The molecule has 0 bridgehead atoms. The molecule has 0 unspecified atom stereocenters. The van der Waals surface area contributed by atoms with E-state index in [1.54, 1.807) is 12.1 Å². The molecule has 0 aliphatic rings. The molecule has 7 nitrogen and oxygen atoms in total. The van der Waals surface area contributed by atoms with Crippen LogP contribution in [0.4, 0.5) is 5.69 Å². The lowest BCUT2D eigenvalue weighted by Crippen LogP contribution is -2.53. The van der Waals surface area contributed by atoms with Gasteiger partial charge in [0, 0.05) is 12.6 Å². The molecule has 2 aromatic rings. The summed E-state index contributed by atoms with van der Waals surface area (Å²) in [6.45, 7) is 13.8. The molecule has 2 rings (SSSR count). The van der Waals surface area contributed by atoms with Gasteiger partial charge in [-0.1, -0.05) is 76.6 Å². The van der Waals surface area contributed by atoms with E-state index in [0.717, 1.165) is 33.7 Å². The average Bonchev–Trinajstić information content (AvgIpc) is 2.82. The number of nitrogens with zero attached hydrogens (tertiary/aromatic N) is 2. The fraction of sp³-hybridized carbons (Fsp3) is 0.517. The van der Waals surface area contributed by atoms with E-state index in [0.29, 0.717) is 12.1 Å². The minimum absolute atomic E-state index is 0.0354. The van der Waals surface area contributed by atoms with E-state index in [4.69, 9.17) is 0 Å². The number of nitrogens with one attached hydrogen (secondary N) is 1. The number of sulfonamides is 1. The molecule has 0 aliphatic heterocycles. The number of benzene rings is 2. The van der Waals surface area contributed by atoms with Gasteiger partial charge in [0.15, 0.2) is 0 Å². The van der Waals surface area contributed by atoms with E-state index in [9.17, 15) is 18.0 Å². The van der Waals surface area contributed by atoms with Crippen LogP contribution in [0, 0.1) is 6.92 Å². The highest BCUT2D eigenvalue weighted by Gasteiger charge is 2.32. The third-order valence-corrected chi connectivity index (χ3v) is 7.70. The number of anilines is 1. The van der Waals surface area contributed by atoms with Crippen LogP contribution in [0.2, 0.25) is 0 Å². The molecule has 1 N–H and O–H groups in total. The van der Waals surface area contributed by atoms with Gasteiger partial charge in [-0.15, -0.1) is 0 Å². The molecule has 37 heavy (non-hydrogen) atoms. The molecular weight excluding hydrogens is 486 g/mol. The van der Waals surface area contributed by atoms with E-state index < -0.39 is 28.5 Å². The van der Waals surface area contributed by atoms with E-state index in [-0.39, 0.29) is 23.9 Å². The molecule has 0 spiro atoms. The SMILES string of the molecule is CC[C@@H](C)NC(=O)[C@@H](CC)N(Cc1ccc(C)cc1)C(=O)CN(c1ccc(C(C)(C)C)cc1)S(C)(=O)=O. The Hall–Kier alpha value is -2.87. The average molecular weight is 530 g/mol. The van der Waals surface area contributed by atoms with Crippen molar-refractivity contribution in [2.45, 2.75) is 85.4 Å². The summed E-state index contributed by atoms with van der Waals surface area (Å²) in [5.74, 6) is -0.671. The topological polar surface area (TPSA) is 86.8 Å². The van der Waals surface area contributed by atoms with Crippen LogP contribution < -0.4 is 9.62 Å². The van der Waals surface area contributed by atoms with Crippen molar-refractivity contribution in [3.8, 4) is 0 Å². The van der Waals surface area contributed by atoms with E-state index >= 15 is 0 Å². The number of carbonyl (C=O) groups is 2. The molecule has 0 fully saturated rings. The van der Waals surface area contributed by atoms with Crippen LogP contribution in [0.3, 0.4) is 0 Å². The largest absolute Gasteiger partial charge is 0.352 e. The first-order valence-electron chi connectivity index (χ1n) is 12.9. The smallest absolute Gasteiger partial charge is 0.244 e. The van der Waals surface area contributed by atoms with Gasteiger partial charge in [0.2, 0.25) is 21.8 Å². The molecule has 0 saturated carbocycles. The van der Waals surface area contributed by atoms with Gasteiger partial charge in [0.1, 0.15) is 12.6 Å². The Bertz CT molecular complexity index is 1150. The Kier molecular flexibility index (Phi) is 10.3. The second kappa shape index (κ2) is 12.6. The summed E-state index contributed by atoms with van der Waals surface area (Å²) in [7, 11) is -3.76. The van der Waals surface area contributed by atoms with Crippen molar-refractivity contribution in [1.29, 1.82) is 0 Å². The third-order valence-electron chi connectivity index (χ3n) is 6.56. The highest BCUT2D eigenvalue weighted by Crippen LogP contribution is 2.26. The molecule has 0 saturated heterocycles. The second-order valence-corrected chi connectivity index (χ2v) is 12.7. The monoisotopic (exact) mass is 529 g/mol. The van der Waals surface area contributed by atoms with Crippen LogP contribution in [-0.2, 0) is 31.6 Å². The summed E-state index contributed by atoms with van der Waals surface area (Å²) in [6, 6.07) is 14.2. The second-order valence-electron chi connectivity index (χ2n) is 10.8. The predicted molar refractivity (Wildman–Crippen MR) is 151 cm³/mol. The zero-order valence-corrected chi connectivity index (χ0v) is 24.4. The molecule has 2 amide bonds. The predicted octanol–water partition coefficient (Wildman–Crippen LogP) is 4.78. The molecule has 0 radical (unpaired) electrons. The summed E-state index contributed by atoms with van der Waals surface area (Å²) in [5.41, 5.74) is 3.34. The van der Waals surface area contributed by atoms with Crippen molar-refractivity contribution in [2.24, 2.45) is 0 Å². The summed E-state index contributed by atoms with van der Waals surface area (Å²) < 4.78 is 26.7. The van der Waals surface area contributed by atoms with Crippen molar-refractivity contribution in [3.63, 3.8) is 0 Å². The maximum absolute atomic E-state index is 13.8. The van der Waals surface area contributed by atoms with Crippen LogP contribution >= 0.6 is 0 Å². The van der Waals surface area contributed by atoms with Gasteiger partial charge in [-0.3, -0.25) is 13.9 Å². The van der Waals surface area contributed by atoms with Gasteiger partial charge in [-0.05, 0) is 55.4 Å². The maximum atomic E-state index is 13.8. The number of carbonyl (C=O) groups excluding carboxylic acids is 2. The van der Waals surface area contributed by atoms with Gasteiger partial charge in [-0.2, -0.15) is 0 Å². The van der Waals surface area contributed by atoms with Gasteiger partial charge in [0.05, 0.1) is 11.9 Å². The fourth-order valence-corrected chi connectivity index (χ4v) is 4.84. The number of hydrogen-bond donors (Lipinski definition) is 1. The quantitative estimate of drug-likeness (QED) is 0.454. The van der Waals surface area contributed by atoms with Crippen molar-refractivity contribution < 1.29 is 18.0 Å². The Morgan fingerprint density at radius 1 is 0.946 bits per heavy atom. The molecule has 0 heterocycles. The fourth-order valence-electron chi connectivity index (χ4n) is 3.99. The lowest BCUT2D eigenvalue weighted by Gasteiger charge is -2.33. The first-order valence-corrected chi connectivity index (χ1v) is 14.8. The van der Waals surface area contributed by atoms with Crippen molar-refractivity contribution in [3.05, 3.63) is 65.2 Å². The molecule has 0 aromatic heterocycles. The molecule has 2 aromatic carbocycles. The standard InChI is InChI=1S/C29H43N3O4S/c1-9-22(4)30-28(34)26(10-2)31(19-23-13-11-21(3)12-14-23)27(33)20-32(37(8,35)36)25-17-15-24(16-18-25)29(5,6)7/h11-18,22,26H,9-10,19-20H2,1-8H3,(H,30,34)/t22-,26-/m1/s1. The van der Waals surface area contributed by atoms with Crippen LogP contribution in [-0.4, -0.2) is 50.0 Å². The molecule has 0 aliphatic carbocycles.